The maximum Gasteiger partial charge on any atom is 0.0468 e. The van der Waals surface area contributed by atoms with Gasteiger partial charge in [-0.1, -0.05) is 29.3 Å². The average Bonchev–Trinajstić information content (AvgIpc) is 2.75. The van der Waals surface area contributed by atoms with Gasteiger partial charge < -0.3 is 5.32 Å². The molecule has 2 rings (SSSR count). The molecule has 1 nitrogen and oxygen atoms in total. The summed E-state index contributed by atoms with van der Waals surface area (Å²) in [6.45, 7) is 4.26. The normalized spacial score (nSPS) is 14.4. The van der Waals surface area contributed by atoms with Crippen LogP contribution in [0.15, 0.2) is 34.1 Å². The second kappa shape index (κ2) is 6.59. The molecule has 0 amide bonds. The smallest absolute Gasteiger partial charge is 0.0468 e. The second-order valence-electron chi connectivity index (χ2n) is 4.44. The molecule has 2 aromatic rings. The Balaban J connectivity index is 2.10. The van der Waals surface area contributed by atoms with Crippen molar-refractivity contribution in [3.8, 4) is 0 Å². The van der Waals surface area contributed by atoms with E-state index in [9.17, 15) is 0 Å². The highest BCUT2D eigenvalue weighted by atomic mass is 79.9. The predicted molar refractivity (Wildman–Crippen MR) is 88.4 cm³/mol. The SMILES string of the molecule is CC(NC(C)c1ccc(Cl)cc1Cl)c1cc(Br)cs1. The number of hydrogen-bond donors (Lipinski definition) is 1. The van der Waals surface area contributed by atoms with Crippen molar-refractivity contribution in [2.45, 2.75) is 25.9 Å². The summed E-state index contributed by atoms with van der Waals surface area (Å²) in [6, 6.07) is 8.20. The molecule has 1 N–H and O–H groups in total. The summed E-state index contributed by atoms with van der Waals surface area (Å²) < 4.78 is 1.12. The van der Waals surface area contributed by atoms with Crippen LogP contribution in [0.4, 0.5) is 0 Å². The average molecular weight is 379 g/mol. The lowest BCUT2D eigenvalue weighted by Gasteiger charge is -2.20. The zero-order valence-corrected chi connectivity index (χ0v) is 14.5. The van der Waals surface area contributed by atoms with E-state index in [4.69, 9.17) is 23.2 Å². The fraction of sp³-hybridized carbons (Fsp3) is 0.286. The summed E-state index contributed by atoms with van der Waals surface area (Å²) >= 11 is 17.4. The third-order valence-corrected chi connectivity index (χ3v) is 5.38. The van der Waals surface area contributed by atoms with Gasteiger partial charge in [0.1, 0.15) is 0 Å². The number of hydrogen-bond acceptors (Lipinski definition) is 2. The van der Waals surface area contributed by atoms with Gasteiger partial charge in [-0.15, -0.1) is 11.3 Å². The Kier molecular flexibility index (Phi) is 5.32. The van der Waals surface area contributed by atoms with Crippen LogP contribution in [-0.4, -0.2) is 0 Å². The van der Waals surface area contributed by atoms with Gasteiger partial charge in [-0.25, -0.2) is 0 Å². The first-order valence-corrected chi connectivity index (χ1v) is 8.35. The maximum atomic E-state index is 6.23. The van der Waals surface area contributed by atoms with Crippen molar-refractivity contribution in [2.24, 2.45) is 0 Å². The molecule has 2 atom stereocenters. The van der Waals surface area contributed by atoms with Crippen molar-refractivity contribution < 1.29 is 0 Å². The van der Waals surface area contributed by atoms with Gasteiger partial charge in [-0.05, 0) is 53.5 Å². The van der Waals surface area contributed by atoms with Crippen LogP contribution in [-0.2, 0) is 0 Å². The van der Waals surface area contributed by atoms with Crippen molar-refractivity contribution in [1.29, 1.82) is 0 Å². The summed E-state index contributed by atoms with van der Waals surface area (Å²) in [5.41, 5.74) is 1.06. The summed E-state index contributed by atoms with van der Waals surface area (Å²) in [5.74, 6) is 0. The molecule has 5 heteroatoms. The highest BCUT2D eigenvalue weighted by Crippen LogP contribution is 2.30. The van der Waals surface area contributed by atoms with Crippen molar-refractivity contribution >= 4 is 50.5 Å². The minimum absolute atomic E-state index is 0.167. The van der Waals surface area contributed by atoms with E-state index < -0.39 is 0 Å². The predicted octanol–water partition coefficient (Wildman–Crippen LogP) is 6.23. The summed E-state index contributed by atoms with van der Waals surface area (Å²) in [6.07, 6.45) is 0. The lowest BCUT2D eigenvalue weighted by molar-refractivity contribution is 0.500. The lowest BCUT2D eigenvalue weighted by atomic mass is 10.1. The summed E-state index contributed by atoms with van der Waals surface area (Å²) in [7, 11) is 0. The third-order valence-electron chi connectivity index (χ3n) is 2.94. The minimum atomic E-state index is 0.167. The van der Waals surface area contributed by atoms with Gasteiger partial charge in [0.15, 0.2) is 0 Å². The fourth-order valence-corrected chi connectivity index (χ4v) is 3.99. The second-order valence-corrected chi connectivity index (χ2v) is 7.15. The highest BCUT2D eigenvalue weighted by molar-refractivity contribution is 9.10. The van der Waals surface area contributed by atoms with Crippen molar-refractivity contribution in [3.63, 3.8) is 0 Å². The molecular weight excluding hydrogens is 365 g/mol. The maximum absolute atomic E-state index is 6.23. The van der Waals surface area contributed by atoms with Gasteiger partial charge in [-0.2, -0.15) is 0 Å². The Bertz CT molecular complexity index is 570. The van der Waals surface area contributed by atoms with Crippen molar-refractivity contribution in [3.05, 3.63) is 54.6 Å². The van der Waals surface area contributed by atoms with Gasteiger partial charge in [0, 0.05) is 36.9 Å². The zero-order valence-electron chi connectivity index (χ0n) is 10.6. The Morgan fingerprint density at radius 3 is 2.47 bits per heavy atom. The van der Waals surface area contributed by atoms with Crippen LogP contribution < -0.4 is 5.32 Å². The topological polar surface area (TPSA) is 12.0 Å². The van der Waals surface area contributed by atoms with E-state index in [1.807, 2.05) is 12.1 Å². The Morgan fingerprint density at radius 2 is 1.89 bits per heavy atom. The highest BCUT2D eigenvalue weighted by Gasteiger charge is 2.15. The first-order valence-electron chi connectivity index (χ1n) is 5.92. The summed E-state index contributed by atoms with van der Waals surface area (Å²) in [4.78, 5) is 1.30. The molecule has 1 heterocycles. The van der Waals surface area contributed by atoms with Crippen LogP contribution in [0.2, 0.25) is 10.0 Å². The number of nitrogens with one attached hydrogen (secondary N) is 1. The Hall–Kier alpha value is -0.0600. The molecule has 0 aliphatic heterocycles. The van der Waals surface area contributed by atoms with Gasteiger partial charge in [-0.3, -0.25) is 0 Å². The van der Waals surface area contributed by atoms with E-state index in [-0.39, 0.29) is 12.1 Å². The van der Waals surface area contributed by atoms with Crippen LogP contribution in [0.5, 0.6) is 0 Å². The standard InChI is InChI=1S/C14H14BrCl2NS/c1-8(12-4-3-11(16)6-13(12)17)18-9(2)14-5-10(15)7-19-14/h3-9,18H,1-2H3. The first kappa shape index (κ1) is 15.3. The lowest BCUT2D eigenvalue weighted by Crippen LogP contribution is -2.22. The molecule has 0 aliphatic carbocycles. The van der Waals surface area contributed by atoms with Crippen molar-refractivity contribution in [2.75, 3.05) is 0 Å². The molecule has 19 heavy (non-hydrogen) atoms. The molecule has 0 fully saturated rings. The fourth-order valence-electron chi connectivity index (χ4n) is 1.95. The van der Waals surface area contributed by atoms with E-state index in [2.05, 4.69) is 46.5 Å². The van der Waals surface area contributed by atoms with E-state index in [1.165, 1.54) is 4.88 Å². The molecule has 0 aliphatic rings. The Labute approximate surface area is 136 Å². The monoisotopic (exact) mass is 377 g/mol. The van der Waals surface area contributed by atoms with E-state index in [0.29, 0.717) is 10.0 Å². The first-order chi connectivity index (χ1) is 8.97. The zero-order chi connectivity index (χ0) is 14.0. The quantitative estimate of drug-likeness (QED) is 0.664. The van der Waals surface area contributed by atoms with E-state index in [0.717, 1.165) is 10.0 Å². The van der Waals surface area contributed by atoms with Crippen LogP contribution in [0, 0.1) is 0 Å². The van der Waals surface area contributed by atoms with Crippen LogP contribution >= 0.6 is 50.5 Å². The molecule has 102 valence electrons. The molecule has 0 saturated carbocycles. The molecular formula is C14H14BrCl2NS. The molecule has 1 aromatic heterocycles. The van der Waals surface area contributed by atoms with Crippen LogP contribution in [0.3, 0.4) is 0 Å². The Morgan fingerprint density at radius 1 is 1.16 bits per heavy atom. The molecule has 0 bridgehead atoms. The van der Waals surface area contributed by atoms with Gasteiger partial charge in [0.05, 0.1) is 0 Å². The van der Waals surface area contributed by atoms with Gasteiger partial charge in [0.25, 0.3) is 0 Å². The van der Waals surface area contributed by atoms with E-state index >= 15 is 0 Å². The van der Waals surface area contributed by atoms with E-state index in [1.54, 1.807) is 17.4 Å². The van der Waals surface area contributed by atoms with Crippen molar-refractivity contribution in [1.82, 2.24) is 5.32 Å². The molecule has 2 unspecified atom stereocenters. The van der Waals surface area contributed by atoms with Crippen LogP contribution in [0.1, 0.15) is 36.4 Å². The third kappa shape index (κ3) is 3.96. The number of rotatable bonds is 4. The number of halogens is 3. The minimum Gasteiger partial charge on any atom is -0.303 e. The molecule has 0 spiro atoms. The van der Waals surface area contributed by atoms with Gasteiger partial charge >= 0.3 is 0 Å². The molecule has 0 radical (unpaired) electrons. The number of benzene rings is 1. The largest absolute Gasteiger partial charge is 0.303 e. The van der Waals surface area contributed by atoms with Gasteiger partial charge in [0.2, 0.25) is 0 Å². The summed E-state index contributed by atoms with van der Waals surface area (Å²) in [5, 5.41) is 7.00. The molecule has 1 aromatic carbocycles. The number of thiophene rings is 1. The van der Waals surface area contributed by atoms with Crippen LogP contribution in [0.25, 0.3) is 0 Å². The molecule has 0 saturated heterocycles.